The van der Waals surface area contributed by atoms with E-state index in [0.717, 1.165) is 55.1 Å². The van der Waals surface area contributed by atoms with E-state index in [-0.39, 0.29) is 11.9 Å². The highest BCUT2D eigenvalue weighted by Gasteiger charge is 2.22. The zero-order valence-electron chi connectivity index (χ0n) is 16.7. The fourth-order valence-corrected chi connectivity index (χ4v) is 3.81. The van der Waals surface area contributed by atoms with E-state index in [2.05, 4.69) is 37.2 Å². The van der Waals surface area contributed by atoms with Gasteiger partial charge in [-0.05, 0) is 37.6 Å². The molecule has 0 saturated carbocycles. The van der Waals surface area contributed by atoms with E-state index in [1.807, 2.05) is 42.3 Å². The van der Waals surface area contributed by atoms with Crippen LogP contribution in [0.15, 0.2) is 54.9 Å². The van der Waals surface area contributed by atoms with Crippen LogP contribution in [0.5, 0.6) is 0 Å². The Hall–Kier alpha value is -3.06. The van der Waals surface area contributed by atoms with Gasteiger partial charge in [-0.25, -0.2) is 0 Å². The van der Waals surface area contributed by atoms with Gasteiger partial charge in [0.15, 0.2) is 5.82 Å². The molecule has 1 aliphatic heterocycles. The molecule has 1 N–H and O–H groups in total. The SMILES string of the molecule is CN(CC(=O)NC1CCc2nnc(-c3ccccc3)n2CC1)Cc1ccncc1. The summed E-state index contributed by atoms with van der Waals surface area (Å²) < 4.78 is 2.19. The monoisotopic (exact) mass is 390 g/mol. The number of nitrogens with zero attached hydrogens (tertiary/aromatic N) is 5. The van der Waals surface area contributed by atoms with E-state index < -0.39 is 0 Å². The number of aryl methyl sites for hydroxylation is 1. The Morgan fingerprint density at radius 2 is 1.93 bits per heavy atom. The molecule has 1 aliphatic rings. The van der Waals surface area contributed by atoms with Gasteiger partial charge in [-0.15, -0.1) is 10.2 Å². The van der Waals surface area contributed by atoms with Crippen molar-refractivity contribution in [3.8, 4) is 11.4 Å². The van der Waals surface area contributed by atoms with Gasteiger partial charge in [-0.3, -0.25) is 14.7 Å². The van der Waals surface area contributed by atoms with Crippen molar-refractivity contribution in [3.63, 3.8) is 0 Å². The number of aromatic nitrogens is 4. The van der Waals surface area contributed by atoms with Gasteiger partial charge in [-0.2, -0.15) is 0 Å². The lowest BCUT2D eigenvalue weighted by Crippen LogP contribution is -2.41. The molecule has 0 spiro atoms. The number of likely N-dealkylation sites (N-methyl/N-ethyl adjacent to an activating group) is 1. The Labute approximate surface area is 170 Å². The summed E-state index contributed by atoms with van der Waals surface area (Å²) in [5, 5.41) is 12.0. The summed E-state index contributed by atoms with van der Waals surface area (Å²) in [5.41, 5.74) is 2.22. The Kier molecular flexibility index (Phi) is 5.95. The van der Waals surface area contributed by atoms with Crippen molar-refractivity contribution < 1.29 is 4.79 Å². The number of rotatable bonds is 6. The molecule has 1 unspecified atom stereocenters. The summed E-state index contributed by atoms with van der Waals surface area (Å²) in [6, 6.07) is 14.2. The largest absolute Gasteiger partial charge is 0.352 e. The maximum atomic E-state index is 12.5. The Bertz CT molecular complexity index is 940. The molecule has 7 heteroatoms. The maximum Gasteiger partial charge on any atom is 0.234 e. The molecule has 150 valence electrons. The molecule has 3 heterocycles. The van der Waals surface area contributed by atoms with Crippen molar-refractivity contribution >= 4 is 5.91 Å². The predicted octanol–water partition coefficient (Wildman–Crippen LogP) is 2.29. The smallest absolute Gasteiger partial charge is 0.234 e. The first kappa shape index (κ1) is 19.3. The van der Waals surface area contributed by atoms with Gasteiger partial charge in [0, 0.05) is 43.5 Å². The molecule has 4 rings (SSSR count). The summed E-state index contributed by atoms with van der Waals surface area (Å²) in [6.45, 7) is 1.91. The van der Waals surface area contributed by atoms with Crippen LogP contribution in [-0.4, -0.2) is 50.2 Å². The minimum absolute atomic E-state index is 0.0625. The van der Waals surface area contributed by atoms with E-state index in [4.69, 9.17) is 0 Å². The fraction of sp³-hybridized carbons (Fsp3) is 0.364. The van der Waals surface area contributed by atoms with E-state index in [1.165, 1.54) is 0 Å². The van der Waals surface area contributed by atoms with Crippen LogP contribution in [0.25, 0.3) is 11.4 Å². The second kappa shape index (κ2) is 8.96. The van der Waals surface area contributed by atoms with Crippen LogP contribution in [0.2, 0.25) is 0 Å². The molecule has 7 nitrogen and oxygen atoms in total. The number of carbonyl (C=O) groups excluding carboxylic acids is 1. The first-order valence-corrected chi connectivity index (χ1v) is 10.0. The predicted molar refractivity (Wildman–Crippen MR) is 111 cm³/mol. The molecule has 0 aliphatic carbocycles. The van der Waals surface area contributed by atoms with Crippen LogP contribution in [-0.2, 0) is 24.3 Å². The van der Waals surface area contributed by atoms with Gasteiger partial charge in [0.1, 0.15) is 5.82 Å². The normalized spacial score (nSPS) is 16.3. The molecular weight excluding hydrogens is 364 g/mol. The van der Waals surface area contributed by atoms with Gasteiger partial charge < -0.3 is 9.88 Å². The number of benzene rings is 1. The zero-order chi connectivity index (χ0) is 20.1. The number of amides is 1. The van der Waals surface area contributed by atoms with Crippen LogP contribution >= 0.6 is 0 Å². The number of carbonyl (C=O) groups is 1. The average molecular weight is 390 g/mol. The lowest BCUT2D eigenvalue weighted by molar-refractivity contribution is -0.122. The van der Waals surface area contributed by atoms with E-state index in [1.54, 1.807) is 12.4 Å². The minimum atomic E-state index is 0.0625. The average Bonchev–Trinajstić information content (AvgIpc) is 3.04. The van der Waals surface area contributed by atoms with Crippen molar-refractivity contribution in [2.75, 3.05) is 13.6 Å². The summed E-state index contributed by atoms with van der Waals surface area (Å²) in [7, 11) is 1.96. The molecule has 29 heavy (non-hydrogen) atoms. The quantitative estimate of drug-likeness (QED) is 0.699. The standard InChI is InChI=1S/C22H26N6O/c1-27(15-17-9-12-23-13-10-17)16-21(29)24-19-7-8-20-25-26-22(28(20)14-11-19)18-5-3-2-4-6-18/h2-6,9-10,12-13,19H,7-8,11,14-16H2,1H3,(H,24,29). The first-order valence-electron chi connectivity index (χ1n) is 10.0. The molecule has 0 saturated heterocycles. The molecule has 2 aromatic heterocycles. The summed E-state index contributed by atoms with van der Waals surface area (Å²) in [6.07, 6.45) is 6.13. The minimum Gasteiger partial charge on any atom is -0.352 e. The van der Waals surface area contributed by atoms with E-state index in [9.17, 15) is 4.79 Å². The van der Waals surface area contributed by atoms with Gasteiger partial charge in [0.05, 0.1) is 6.54 Å². The number of hydrogen-bond donors (Lipinski definition) is 1. The van der Waals surface area contributed by atoms with Gasteiger partial charge in [-0.1, -0.05) is 30.3 Å². The summed E-state index contributed by atoms with van der Waals surface area (Å²) >= 11 is 0. The third-order valence-corrected chi connectivity index (χ3v) is 5.26. The topological polar surface area (TPSA) is 75.9 Å². The zero-order valence-corrected chi connectivity index (χ0v) is 16.7. The van der Waals surface area contributed by atoms with Gasteiger partial charge in [0.25, 0.3) is 0 Å². The lowest BCUT2D eigenvalue weighted by Gasteiger charge is -2.20. The van der Waals surface area contributed by atoms with Crippen molar-refractivity contribution in [1.29, 1.82) is 0 Å². The second-order valence-corrected chi connectivity index (χ2v) is 7.58. The highest BCUT2D eigenvalue weighted by Crippen LogP contribution is 2.22. The van der Waals surface area contributed by atoms with Gasteiger partial charge >= 0.3 is 0 Å². The highest BCUT2D eigenvalue weighted by atomic mass is 16.2. The Balaban J connectivity index is 1.32. The molecule has 3 aromatic rings. The van der Waals surface area contributed by atoms with Crippen LogP contribution in [0.3, 0.4) is 0 Å². The number of nitrogens with one attached hydrogen (secondary N) is 1. The summed E-state index contributed by atoms with van der Waals surface area (Å²) in [5.74, 6) is 1.97. The maximum absolute atomic E-state index is 12.5. The molecule has 1 amide bonds. The third kappa shape index (κ3) is 4.86. The molecule has 0 radical (unpaired) electrons. The van der Waals surface area contributed by atoms with Crippen LogP contribution in [0.1, 0.15) is 24.2 Å². The Morgan fingerprint density at radius 1 is 1.14 bits per heavy atom. The molecule has 1 atom stereocenters. The summed E-state index contributed by atoms with van der Waals surface area (Å²) in [4.78, 5) is 18.6. The van der Waals surface area contributed by atoms with Gasteiger partial charge in [0.2, 0.25) is 5.91 Å². The number of hydrogen-bond acceptors (Lipinski definition) is 5. The molecule has 0 bridgehead atoms. The van der Waals surface area contributed by atoms with Crippen molar-refractivity contribution in [2.45, 2.75) is 38.4 Å². The first-order chi connectivity index (χ1) is 14.2. The third-order valence-electron chi connectivity index (χ3n) is 5.26. The van der Waals surface area contributed by atoms with E-state index in [0.29, 0.717) is 6.54 Å². The van der Waals surface area contributed by atoms with Crippen LogP contribution in [0, 0.1) is 0 Å². The van der Waals surface area contributed by atoms with Crippen molar-refractivity contribution in [3.05, 3.63) is 66.2 Å². The number of pyridine rings is 1. The Morgan fingerprint density at radius 3 is 2.72 bits per heavy atom. The molecule has 1 aromatic carbocycles. The lowest BCUT2D eigenvalue weighted by atomic mass is 10.1. The van der Waals surface area contributed by atoms with Crippen LogP contribution in [0.4, 0.5) is 0 Å². The number of fused-ring (bicyclic) bond motifs is 1. The second-order valence-electron chi connectivity index (χ2n) is 7.58. The molecule has 0 fully saturated rings. The fourth-order valence-electron chi connectivity index (χ4n) is 3.81. The van der Waals surface area contributed by atoms with Crippen molar-refractivity contribution in [2.24, 2.45) is 0 Å². The van der Waals surface area contributed by atoms with Crippen LogP contribution < -0.4 is 5.32 Å². The highest BCUT2D eigenvalue weighted by molar-refractivity contribution is 5.78. The van der Waals surface area contributed by atoms with Crippen molar-refractivity contribution in [1.82, 2.24) is 30.0 Å². The molecular formula is C22H26N6O. The van der Waals surface area contributed by atoms with E-state index >= 15 is 0 Å².